The van der Waals surface area contributed by atoms with Crippen LogP contribution in [0.25, 0.3) is 0 Å². The van der Waals surface area contributed by atoms with E-state index < -0.39 is 15.9 Å². The summed E-state index contributed by atoms with van der Waals surface area (Å²) in [5.41, 5.74) is 0.962. The molecular weight excluding hydrogens is 372 g/mol. The largest absolute Gasteiger partial charge is 0.493 e. The molecule has 9 heteroatoms. The third kappa shape index (κ3) is 4.81. The number of carbonyl (C=O) groups is 1. The molecule has 1 aliphatic carbocycles. The van der Waals surface area contributed by atoms with Crippen LogP contribution in [0, 0.1) is 0 Å². The molecule has 1 aromatic carbocycles. The van der Waals surface area contributed by atoms with Gasteiger partial charge in [0, 0.05) is 12.6 Å². The minimum atomic E-state index is -3.71. The average Bonchev–Trinajstić information content (AvgIpc) is 3.30. The zero-order valence-electron chi connectivity index (χ0n) is 15.2. The van der Waals surface area contributed by atoms with Gasteiger partial charge >= 0.3 is 0 Å². The molecule has 27 heavy (non-hydrogen) atoms. The molecule has 1 heterocycles. The number of methoxy groups -OCH3 is 2. The summed E-state index contributed by atoms with van der Waals surface area (Å²) in [6, 6.07) is 8.13. The zero-order valence-corrected chi connectivity index (χ0v) is 16.0. The van der Waals surface area contributed by atoms with E-state index in [0.717, 1.165) is 18.4 Å². The molecule has 1 aromatic heterocycles. The predicted octanol–water partition coefficient (Wildman–Crippen LogP) is 1.71. The maximum absolute atomic E-state index is 12.2. The SMILES string of the molecule is COc1ccc(CCNC(=O)c2ccc(S(=O)(=O)NC3CC3)o2)cc1OC. The summed E-state index contributed by atoms with van der Waals surface area (Å²) >= 11 is 0. The van der Waals surface area contributed by atoms with Crippen LogP contribution in [0.2, 0.25) is 0 Å². The lowest BCUT2D eigenvalue weighted by Gasteiger charge is -2.09. The van der Waals surface area contributed by atoms with E-state index in [1.54, 1.807) is 20.3 Å². The van der Waals surface area contributed by atoms with Crippen LogP contribution in [0.4, 0.5) is 0 Å². The lowest BCUT2D eigenvalue weighted by Crippen LogP contribution is -2.26. The maximum Gasteiger partial charge on any atom is 0.287 e. The number of nitrogens with one attached hydrogen (secondary N) is 2. The van der Waals surface area contributed by atoms with Gasteiger partial charge in [-0.25, -0.2) is 13.1 Å². The highest BCUT2D eigenvalue weighted by atomic mass is 32.2. The van der Waals surface area contributed by atoms with Crippen LogP contribution < -0.4 is 19.5 Å². The van der Waals surface area contributed by atoms with Crippen molar-refractivity contribution in [2.75, 3.05) is 20.8 Å². The summed E-state index contributed by atoms with van der Waals surface area (Å²) in [4.78, 5) is 12.2. The van der Waals surface area contributed by atoms with Crippen LogP contribution in [0.1, 0.15) is 29.0 Å². The fourth-order valence-corrected chi connectivity index (χ4v) is 3.75. The molecule has 0 atom stereocenters. The van der Waals surface area contributed by atoms with Gasteiger partial charge in [0.2, 0.25) is 5.09 Å². The minimum Gasteiger partial charge on any atom is -0.493 e. The van der Waals surface area contributed by atoms with Crippen molar-refractivity contribution in [1.82, 2.24) is 10.0 Å². The lowest BCUT2D eigenvalue weighted by molar-refractivity contribution is 0.0921. The van der Waals surface area contributed by atoms with Crippen LogP contribution in [-0.4, -0.2) is 41.1 Å². The molecule has 1 saturated carbocycles. The Balaban J connectivity index is 1.55. The van der Waals surface area contributed by atoms with Gasteiger partial charge in [-0.3, -0.25) is 4.79 Å². The maximum atomic E-state index is 12.2. The van der Waals surface area contributed by atoms with E-state index in [1.807, 2.05) is 12.1 Å². The van der Waals surface area contributed by atoms with Gasteiger partial charge in [0.05, 0.1) is 14.2 Å². The number of benzene rings is 1. The third-order valence-electron chi connectivity index (χ3n) is 4.12. The molecule has 1 amide bonds. The van der Waals surface area contributed by atoms with Crippen molar-refractivity contribution in [2.45, 2.75) is 30.4 Å². The summed E-state index contributed by atoms with van der Waals surface area (Å²) in [6.45, 7) is 0.359. The molecule has 0 unspecified atom stereocenters. The van der Waals surface area contributed by atoms with E-state index in [0.29, 0.717) is 24.5 Å². The van der Waals surface area contributed by atoms with Crippen molar-refractivity contribution in [2.24, 2.45) is 0 Å². The molecule has 2 aromatic rings. The van der Waals surface area contributed by atoms with Gasteiger partial charge in [-0.1, -0.05) is 6.07 Å². The van der Waals surface area contributed by atoms with Gasteiger partial charge in [-0.2, -0.15) is 0 Å². The molecule has 3 rings (SSSR count). The van der Waals surface area contributed by atoms with Crippen LogP contribution in [0.5, 0.6) is 11.5 Å². The number of ether oxygens (including phenoxy) is 2. The highest BCUT2D eigenvalue weighted by Crippen LogP contribution is 2.27. The second-order valence-corrected chi connectivity index (χ2v) is 7.85. The Kier molecular flexibility index (Phi) is 5.71. The lowest BCUT2D eigenvalue weighted by atomic mass is 10.1. The quantitative estimate of drug-likeness (QED) is 0.671. The molecule has 2 N–H and O–H groups in total. The molecule has 1 aliphatic rings. The normalized spacial score (nSPS) is 14.0. The van der Waals surface area contributed by atoms with Crippen molar-refractivity contribution >= 4 is 15.9 Å². The standard InChI is InChI=1S/C18H22N2O6S/c1-24-14-6-3-12(11-16(14)25-2)9-10-19-18(21)15-7-8-17(26-15)27(22,23)20-13-4-5-13/h3,6-8,11,13,20H,4-5,9-10H2,1-2H3,(H,19,21). The van der Waals surface area contributed by atoms with Gasteiger partial charge in [-0.05, 0) is 49.1 Å². The number of carbonyl (C=O) groups excluding carboxylic acids is 1. The van der Waals surface area contributed by atoms with E-state index in [2.05, 4.69) is 10.0 Å². The second-order valence-electron chi connectivity index (χ2n) is 6.21. The van der Waals surface area contributed by atoms with Crippen molar-refractivity contribution in [3.05, 3.63) is 41.7 Å². The minimum absolute atomic E-state index is 0.0288. The number of rotatable bonds is 9. The van der Waals surface area contributed by atoms with Crippen LogP contribution >= 0.6 is 0 Å². The van der Waals surface area contributed by atoms with E-state index in [-0.39, 0.29) is 16.9 Å². The second kappa shape index (κ2) is 8.01. The van der Waals surface area contributed by atoms with Crippen molar-refractivity contribution < 1.29 is 27.1 Å². The number of hydrogen-bond donors (Lipinski definition) is 2. The fourth-order valence-electron chi connectivity index (χ4n) is 2.51. The summed E-state index contributed by atoms with van der Waals surface area (Å²) in [7, 11) is -0.585. The van der Waals surface area contributed by atoms with Gasteiger partial charge < -0.3 is 19.2 Å². The summed E-state index contributed by atoms with van der Waals surface area (Å²) in [5.74, 6) is 0.738. The summed E-state index contributed by atoms with van der Waals surface area (Å²) in [5, 5.41) is 2.46. The number of furan rings is 1. The smallest absolute Gasteiger partial charge is 0.287 e. The van der Waals surface area contributed by atoms with E-state index in [4.69, 9.17) is 13.9 Å². The Bertz CT molecular complexity index is 918. The molecule has 0 saturated heterocycles. The fraction of sp³-hybridized carbons (Fsp3) is 0.389. The Labute approximate surface area is 157 Å². The Morgan fingerprint density at radius 3 is 2.56 bits per heavy atom. The molecule has 0 radical (unpaired) electrons. The number of sulfonamides is 1. The number of hydrogen-bond acceptors (Lipinski definition) is 6. The molecule has 1 fully saturated rings. The molecular formula is C18H22N2O6S. The molecule has 0 spiro atoms. The highest BCUT2D eigenvalue weighted by molar-refractivity contribution is 7.89. The van der Waals surface area contributed by atoms with Crippen LogP contribution in [0.15, 0.2) is 39.8 Å². The van der Waals surface area contributed by atoms with Gasteiger partial charge in [-0.15, -0.1) is 0 Å². The van der Waals surface area contributed by atoms with Crippen LogP contribution in [0.3, 0.4) is 0 Å². The van der Waals surface area contributed by atoms with Crippen LogP contribution in [-0.2, 0) is 16.4 Å². The van der Waals surface area contributed by atoms with E-state index in [1.165, 1.54) is 12.1 Å². The first-order valence-corrected chi connectivity index (χ1v) is 10.0. The first-order valence-electron chi connectivity index (χ1n) is 8.54. The zero-order chi connectivity index (χ0) is 19.4. The van der Waals surface area contributed by atoms with Gasteiger partial charge in [0.1, 0.15) is 0 Å². The first kappa shape index (κ1) is 19.2. The third-order valence-corrected chi connectivity index (χ3v) is 5.51. The van der Waals surface area contributed by atoms with E-state index >= 15 is 0 Å². The van der Waals surface area contributed by atoms with Gasteiger partial charge in [0.15, 0.2) is 17.3 Å². The monoisotopic (exact) mass is 394 g/mol. The summed E-state index contributed by atoms with van der Waals surface area (Å²) < 4.78 is 42.3. The Morgan fingerprint density at radius 2 is 1.89 bits per heavy atom. The first-order chi connectivity index (χ1) is 12.9. The highest BCUT2D eigenvalue weighted by Gasteiger charge is 2.30. The van der Waals surface area contributed by atoms with Gasteiger partial charge in [0.25, 0.3) is 15.9 Å². The van der Waals surface area contributed by atoms with Crippen molar-refractivity contribution in [1.29, 1.82) is 0 Å². The molecule has 0 bridgehead atoms. The Morgan fingerprint density at radius 1 is 1.15 bits per heavy atom. The molecule has 146 valence electrons. The molecule has 8 nitrogen and oxygen atoms in total. The topological polar surface area (TPSA) is 107 Å². The Hall–Kier alpha value is -2.52. The predicted molar refractivity (Wildman–Crippen MR) is 97.6 cm³/mol. The van der Waals surface area contributed by atoms with Crippen molar-refractivity contribution in [3.63, 3.8) is 0 Å². The average molecular weight is 394 g/mol. The molecule has 0 aliphatic heterocycles. The van der Waals surface area contributed by atoms with E-state index in [9.17, 15) is 13.2 Å². The number of amides is 1. The van der Waals surface area contributed by atoms with Crippen molar-refractivity contribution in [3.8, 4) is 11.5 Å². The summed E-state index contributed by atoms with van der Waals surface area (Å²) in [6.07, 6.45) is 2.22.